The molecule has 2 heterocycles. The number of thiazole rings is 1. The number of halogens is 1. The molecule has 1 unspecified atom stereocenters. The Kier molecular flexibility index (Phi) is 4.27. The molecule has 0 aliphatic heterocycles. The largest absolute Gasteiger partial charge is 0.366 e. The first kappa shape index (κ1) is 16.2. The summed E-state index contributed by atoms with van der Waals surface area (Å²) in [6.45, 7) is 1.50. The monoisotopic (exact) mass is 373 g/mol. The van der Waals surface area contributed by atoms with E-state index in [0.29, 0.717) is 10.2 Å². The first-order valence-corrected chi connectivity index (χ1v) is 9.21. The maximum absolute atomic E-state index is 11.2. The van der Waals surface area contributed by atoms with Gasteiger partial charge in [-0.1, -0.05) is 11.6 Å². The van der Waals surface area contributed by atoms with Gasteiger partial charge in [-0.05, 0) is 31.0 Å². The summed E-state index contributed by atoms with van der Waals surface area (Å²) in [5.41, 5.74) is 1.92. The average Bonchev–Trinajstić information content (AvgIpc) is 2.95. The van der Waals surface area contributed by atoms with E-state index in [4.69, 9.17) is 11.6 Å². The van der Waals surface area contributed by atoms with Crippen molar-refractivity contribution in [3.05, 3.63) is 40.1 Å². The number of benzene rings is 1. The van der Waals surface area contributed by atoms with Crippen molar-refractivity contribution in [3.8, 4) is 0 Å². The standard InChI is InChI=1S/C17H16ClN5OS/c1-9(24)21-17-23-13-5-3-11(7-15(13)25-17)22-16-12-4-2-10(18)6-14(12)19-8-20-16/h2,4,6,8,11H,3,5,7H2,1H3,(H,19,20,22)(H,21,23,24). The minimum absolute atomic E-state index is 0.0908. The van der Waals surface area contributed by atoms with Gasteiger partial charge in [0, 0.05) is 34.7 Å². The van der Waals surface area contributed by atoms with E-state index in [1.165, 1.54) is 11.8 Å². The molecule has 4 rings (SSSR count). The molecule has 2 aromatic heterocycles. The molecule has 3 aromatic rings. The van der Waals surface area contributed by atoms with E-state index in [9.17, 15) is 4.79 Å². The lowest BCUT2D eigenvalue weighted by molar-refractivity contribution is -0.114. The third-order valence-electron chi connectivity index (χ3n) is 4.16. The van der Waals surface area contributed by atoms with E-state index < -0.39 is 0 Å². The number of carbonyl (C=O) groups is 1. The number of anilines is 2. The highest BCUT2D eigenvalue weighted by molar-refractivity contribution is 7.15. The quantitative estimate of drug-likeness (QED) is 0.732. The van der Waals surface area contributed by atoms with Gasteiger partial charge in [0.2, 0.25) is 5.91 Å². The van der Waals surface area contributed by atoms with Crippen LogP contribution in [0.2, 0.25) is 5.02 Å². The molecule has 128 valence electrons. The van der Waals surface area contributed by atoms with E-state index in [0.717, 1.165) is 41.7 Å². The first-order valence-electron chi connectivity index (χ1n) is 8.01. The molecule has 1 aromatic carbocycles. The van der Waals surface area contributed by atoms with Crippen molar-refractivity contribution in [1.82, 2.24) is 15.0 Å². The second-order valence-corrected chi connectivity index (χ2v) is 7.56. The number of hydrogen-bond acceptors (Lipinski definition) is 6. The SMILES string of the molecule is CC(=O)Nc1nc2c(s1)CC(Nc1ncnc3cc(Cl)ccc13)CC2. The van der Waals surface area contributed by atoms with Crippen LogP contribution in [0.1, 0.15) is 23.9 Å². The van der Waals surface area contributed by atoms with Crippen molar-refractivity contribution in [3.63, 3.8) is 0 Å². The Labute approximate surface area is 153 Å². The maximum atomic E-state index is 11.2. The van der Waals surface area contributed by atoms with Gasteiger partial charge < -0.3 is 10.6 Å². The zero-order chi connectivity index (χ0) is 17.4. The molecule has 0 fully saturated rings. The molecule has 0 spiro atoms. The van der Waals surface area contributed by atoms with Gasteiger partial charge in [0.25, 0.3) is 0 Å². The number of amides is 1. The minimum Gasteiger partial charge on any atom is -0.366 e. The van der Waals surface area contributed by atoms with E-state index in [2.05, 4.69) is 25.6 Å². The van der Waals surface area contributed by atoms with Gasteiger partial charge in [-0.2, -0.15) is 0 Å². The number of aryl methyl sites for hydroxylation is 1. The lowest BCUT2D eigenvalue weighted by Crippen LogP contribution is -2.27. The van der Waals surface area contributed by atoms with Crippen molar-refractivity contribution in [2.75, 3.05) is 10.6 Å². The fourth-order valence-corrected chi connectivity index (χ4v) is 4.34. The maximum Gasteiger partial charge on any atom is 0.223 e. The smallest absolute Gasteiger partial charge is 0.223 e. The molecule has 1 aliphatic rings. The van der Waals surface area contributed by atoms with E-state index in [1.54, 1.807) is 17.7 Å². The molecule has 6 nitrogen and oxygen atoms in total. The predicted octanol–water partition coefficient (Wildman–Crippen LogP) is 3.67. The van der Waals surface area contributed by atoms with Crippen LogP contribution in [0.25, 0.3) is 10.9 Å². The van der Waals surface area contributed by atoms with Crippen molar-refractivity contribution >= 4 is 50.7 Å². The molecule has 8 heteroatoms. The van der Waals surface area contributed by atoms with Crippen LogP contribution in [-0.2, 0) is 17.6 Å². The highest BCUT2D eigenvalue weighted by atomic mass is 35.5. The normalized spacial score (nSPS) is 16.5. The number of carbonyl (C=O) groups excluding carboxylic acids is 1. The molecule has 1 atom stereocenters. The summed E-state index contributed by atoms with van der Waals surface area (Å²) in [5, 5.41) is 8.60. The van der Waals surface area contributed by atoms with Crippen molar-refractivity contribution in [2.24, 2.45) is 0 Å². The summed E-state index contributed by atoms with van der Waals surface area (Å²) in [6, 6.07) is 5.90. The van der Waals surface area contributed by atoms with Crippen molar-refractivity contribution in [1.29, 1.82) is 0 Å². The number of hydrogen-bond donors (Lipinski definition) is 2. The Balaban J connectivity index is 1.55. The van der Waals surface area contributed by atoms with Gasteiger partial charge in [0.1, 0.15) is 12.1 Å². The Bertz CT molecular complexity index is 957. The van der Waals surface area contributed by atoms with Crippen LogP contribution in [0, 0.1) is 0 Å². The van der Waals surface area contributed by atoms with E-state index in [1.807, 2.05) is 18.2 Å². The molecule has 0 bridgehead atoms. The predicted molar refractivity (Wildman–Crippen MR) is 100 cm³/mol. The van der Waals surface area contributed by atoms with Crippen LogP contribution >= 0.6 is 22.9 Å². The molecule has 2 N–H and O–H groups in total. The molecule has 0 saturated heterocycles. The topological polar surface area (TPSA) is 79.8 Å². The molecule has 25 heavy (non-hydrogen) atoms. The van der Waals surface area contributed by atoms with Gasteiger partial charge in [-0.15, -0.1) is 11.3 Å². The third kappa shape index (κ3) is 3.43. The van der Waals surface area contributed by atoms with Gasteiger partial charge in [-0.3, -0.25) is 4.79 Å². The summed E-state index contributed by atoms with van der Waals surface area (Å²) in [6.07, 6.45) is 4.27. The zero-order valence-electron chi connectivity index (χ0n) is 13.5. The van der Waals surface area contributed by atoms with Crippen LogP contribution in [0.3, 0.4) is 0 Å². The van der Waals surface area contributed by atoms with Crippen LogP contribution < -0.4 is 10.6 Å². The van der Waals surface area contributed by atoms with Crippen molar-refractivity contribution in [2.45, 2.75) is 32.2 Å². The van der Waals surface area contributed by atoms with Crippen LogP contribution in [0.5, 0.6) is 0 Å². The average molecular weight is 374 g/mol. The molecular formula is C17H16ClN5OS. The highest BCUT2D eigenvalue weighted by Gasteiger charge is 2.23. The summed E-state index contributed by atoms with van der Waals surface area (Å²) in [4.78, 5) is 25.6. The lowest BCUT2D eigenvalue weighted by atomic mass is 9.97. The van der Waals surface area contributed by atoms with Crippen LogP contribution in [0.4, 0.5) is 10.9 Å². The summed E-state index contributed by atoms with van der Waals surface area (Å²) in [5.74, 6) is 0.730. The first-order chi connectivity index (χ1) is 12.1. The van der Waals surface area contributed by atoms with Gasteiger partial charge in [-0.25, -0.2) is 15.0 Å². The number of nitrogens with zero attached hydrogens (tertiary/aromatic N) is 3. The summed E-state index contributed by atoms with van der Waals surface area (Å²) >= 11 is 7.59. The van der Waals surface area contributed by atoms with Gasteiger partial charge in [0.15, 0.2) is 5.13 Å². The summed E-state index contributed by atoms with van der Waals surface area (Å²) < 4.78 is 0. The number of fused-ring (bicyclic) bond motifs is 2. The number of rotatable bonds is 3. The molecule has 0 radical (unpaired) electrons. The second-order valence-electron chi connectivity index (χ2n) is 6.04. The van der Waals surface area contributed by atoms with E-state index >= 15 is 0 Å². The zero-order valence-corrected chi connectivity index (χ0v) is 15.1. The number of nitrogens with one attached hydrogen (secondary N) is 2. The van der Waals surface area contributed by atoms with E-state index in [-0.39, 0.29) is 11.9 Å². The van der Waals surface area contributed by atoms with Crippen LogP contribution in [0.15, 0.2) is 24.5 Å². The minimum atomic E-state index is -0.0908. The Morgan fingerprint density at radius 3 is 3.08 bits per heavy atom. The molecular weight excluding hydrogens is 358 g/mol. The number of aromatic nitrogens is 3. The molecule has 1 aliphatic carbocycles. The summed E-state index contributed by atoms with van der Waals surface area (Å²) in [7, 11) is 0. The van der Waals surface area contributed by atoms with Crippen LogP contribution in [-0.4, -0.2) is 26.9 Å². The Morgan fingerprint density at radius 1 is 1.36 bits per heavy atom. The lowest BCUT2D eigenvalue weighted by Gasteiger charge is -2.23. The fraction of sp³-hybridized carbons (Fsp3) is 0.294. The highest BCUT2D eigenvalue weighted by Crippen LogP contribution is 2.32. The molecule has 1 amide bonds. The fourth-order valence-electron chi connectivity index (χ4n) is 3.04. The van der Waals surface area contributed by atoms with Gasteiger partial charge in [0.05, 0.1) is 11.2 Å². The third-order valence-corrected chi connectivity index (χ3v) is 5.43. The Morgan fingerprint density at radius 2 is 2.24 bits per heavy atom. The van der Waals surface area contributed by atoms with Crippen molar-refractivity contribution < 1.29 is 4.79 Å². The molecule has 0 saturated carbocycles. The Hall–Kier alpha value is -2.25. The van der Waals surface area contributed by atoms with Gasteiger partial charge >= 0.3 is 0 Å². The second kappa shape index (κ2) is 6.57.